The van der Waals surface area contributed by atoms with Crippen molar-refractivity contribution in [2.45, 2.75) is 18.7 Å². The van der Waals surface area contributed by atoms with Crippen LogP contribution in [0.15, 0.2) is 78.0 Å². The topological polar surface area (TPSA) is 69.0 Å². The van der Waals surface area contributed by atoms with Crippen LogP contribution in [0.4, 0.5) is 10.1 Å². The molecule has 0 unspecified atom stereocenters. The van der Waals surface area contributed by atoms with Crippen molar-refractivity contribution in [3.8, 4) is 11.4 Å². The van der Waals surface area contributed by atoms with Crippen LogP contribution >= 0.6 is 23.4 Å². The zero-order chi connectivity index (χ0) is 23.2. The maximum Gasteiger partial charge on any atom is 0.234 e. The average Bonchev–Trinajstić information content (AvgIpc) is 3.21. The number of anilines is 1. The number of halogens is 2. The van der Waals surface area contributed by atoms with Crippen molar-refractivity contribution in [3.63, 3.8) is 0 Å². The van der Waals surface area contributed by atoms with Gasteiger partial charge in [0.2, 0.25) is 5.91 Å². The normalized spacial score (nSPS) is 10.8. The predicted molar refractivity (Wildman–Crippen MR) is 128 cm³/mol. The molecule has 4 rings (SSSR count). The van der Waals surface area contributed by atoms with Crippen LogP contribution in [0.25, 0.3) is 5.69 Å². The smallest absolute Gasteiger partial charge is 0.234 e. The van der Waals surface area contributed by atoms with Gasteiger partial charge in [-0.1, -0.05) is 47.1 Å². The molecule has 33 heavy (non-hydrogen) atoms. The average molecular weight is 483 g/mol. The summed E-state index contributed by atoms with van der Waals surface area (Å²) in [5.41, 5.74) is 2.33. The van der Waals surface area contributed by atoms with Crippen molar-refractivity contribution >= 4 is 35.0 Å². The SMILES string of the molecule is Cc1ccc(OCc2nnc(SCC(=O)Nc3cccc(F)c3)n2-c2ccc(Cl)cc2)cc1. The quantitative estimate of drug-likeness (QED) is 0.327. The number of amides is 1. The van der Waals surface area contributed by atoms with Crippen LogP contribution in [0.1, 0.15) is 11.4 Å². The van der Waals surface area contributed by atoms with E-state index in [1.165, 1.54) is 30.0 Å². The van der Waals surface area contributed by atoms with Gasteiger partial charge >= 0.3 is 0 Å². The first-order chi connectivity index (χ1) is 16.0. The van der Waals surface area contributed by atoms with E-state index in [-0.39, 0.29) is 18.3 Å². The third kappa shape index (κ3) is 6.12. The molecule has 1 aromatic heterocycles. The molecule has 1 heterocycles. The number of carbonyl (C=O) groups is 1. The summed E-state index contributed by atoms with van der Waals surface area (Å²) in [5, 5.41) is 12.3. The Morgan fingerprint density at radius 2 is 1.85 bits per heavy atom. The van der Waals surface area contributed by atoms with Gasteiger partial charge in [0.1, 0.15) is 18.2 Å². The van der Waals surface area contributed by atoms with Crippen LogP contribution in [0, 0.1) is 12.7 Å². The van der Waals surface area contributed by atoms with E-state index >= 15 is 0 Å². The third-order valence-corrected chi connectivity index (χ3v) is 5.80. The summed E-state index contributed by atoms with van der Waals surface area (Å²) >= 11 is 7.26. The number of hydrogen-bond acceptors (Lipinski definition) is 5. The number of thioether (sulfide) groups is 1. The van der Waals surface area contributed by atoms with Crippen LogP contribution < -0.4 is 10.1 Å². The Kier molecular flexibility index (Phi) is 7.26. The fourth-order valence-corrected chi connectivity index (χ4v) is 3.91. The highest BCUT2D eigenvalue weighted by Crippen LogP contribution is 2.25. The van der Waals surface area contributed by atoms with Gasteiger partial charge in [0, 0.05) is 16.4 Å². The van der Waals surface area contributed by atoms with Gasteiger partial charge in [-0.25, -0.2) is 4.39 Å². The van der Waals surface area contributed by atoms with E-state index in [1.54, 1.807) is 18.2 Å². The van der Waals surface area contributed by atoms with Crippen molar-refractivity contribution < 1.29 is 13.9 Å². The number of nitrogens with one attached hydrogen (secondary N) is 1. The summed E-state index contributed by atoms with van der Waals surface area (Å²) in [6.07, 6.45) is 0. The summed E-state index contributed by atoms with van der Waals surface area (Å²) in [5.74, 6) is 0.664. The maximum atomic E-state index is 13.4. The van der Waals surface area contributed by atoms with Crippen molar-refractivity contribution in [2.24, 2.45) is 0 Å². The van der Waals surface area contributed by atoms with E-state index in [4.69, 9.17) is 16.3 Å². The third-order valence-electron chi connectivity index (χ3n) is 4.61. The van der Waals surface area contributed by atoms with Gasteiger partial charge in [0.25, 0.3) is 0 Å². The molecule has 0 fully saturated rings. The zero-order valence-electron chi connectivity index (χ0n) is 17.7. The minimum absolute atomic E-state index is 0.0705. The lowest BCUT2D eigenvalue weighted by atomic mass is 10.2. The predicted octanol–water partition coefficient (Wildman–Crippen LogP) is 5.68. The van der Waals surface area contributed by atoms with Gasteiger partial charge in [0.05, 0.1) is 5.75 Å². The van der Waals surface area contributed by atoms with E-state index in [1.807, 2.05) is 47.9 Å². The Morgan fingerprint density at radius 3 is 2.58 bits per heavy atom. The number of carbonyl (C=O) groups excluding carboxylic acids is 1. The first-order valence-electron chi connectivity index (χ1n) is 10.1. The standard InChI is InChI=1S/C24H20ClFN4O2S/c1-16-5-11-21(12-6-16)32-14-22-28-29-24(30(22)20-9-7-17(25)8-10-20)33-15-23(31)27-19-4-2-3-18(26)13-19/h2-13H,14-15H2,1H3,(H,27,31). The molecule has 0 atom stereocenters. The van der Waals surface area contributed by atoms with Gasteiger partial charge in [-0.2, -0.15) is 0 Å². The molecule has 0 aliphatic heterocycles. The Bertz CT molecular complexity index is 1250. The van der Waals surface area contributed by atoms with Crippen LogP contribution in [0.2, 0.25) is 5.02 Å². The summed E-state index contributed by atoms with van der Waals surface area (Å²) in [6.45, 7) is 2.20. The Labute approximate surface area is 199 Å². The number of benzene rings is 3. The molecule has 0 saturated heterocycles. The number of aryl methyl sites for hydroxylation is 1. The molecular weight excluding hydrogens is 463 g/mol. The second-order valence-corrected chi connectivity index (χ2v) is 8.54. The Morgan fingerprint density at radius 1 is 1.09 bits per heavy atom. The van der Waals surface area contributed by atoms with E-state index in [0.29, 0.717) is 21.7 Å². The van der Waals surface area contributed by atoms with Gasteiger partial charge in [-0.3, -0.25) is 9.36 Å². The summed E-state index contributed by atoms with van der Waals surface area (Å²) < 4.78 is 21.1. The Hall–Kier alpha value is -3.36. The maximum absolute atomic E-state index is 13.4. The first kappa shape index (κ1) is 22.8. The van der Waals surface area contributed by atoms with Crippen molar-refractivity contribution in [1.29, 1.82) is 0 Å². The minimum atomic E-state index is -0.416. The van der Waals surface area contributed by atoms with Crippen molar-refractivity contribution in [3.05, 3.63) is 95.0 Å². The number of ether oxygens (including phenoxy) is 1. The molecule has 0 aliphatic rings. The molecule has 4 aromatic rings. The van der Waals surface area contributed by atoms with Crippen LogP contribution in [-0.4, -0.2) is 26.4 Å². The Balaban J connectivity index is 1.51. The molecule has 1 N–H and O–H groups in total. The van der Waals surface area contributed by atoms with Crippen LogP contribution in [0.5, 0.6) is 5.75 Å². The van der Waals surface area contributed by atoms with Crippen molar-refractivity contribution in [2.75, 3.05) is 11.1 Å². The molecule has 1 amide bonds. The zero-order valence-corrected chi connectivity index (χ0v) is 19.2. The highest BCUT2D eigenvalue weighted by Gasteiger charge is 2.17. The minimum Gasteiger partial charge on any atom is -0.486 e. The lowest BCUT2D eigenvalue weighted by molar-refractivity contribution is -0.113. The number of rotatable bonds is 8. The molecule has 6 nitrogen and oxygen atoms in total. The summed E-state index contributed by atoms with van der Waals surface area (Å²) in [7, 11) is 0. The molecule has 168 valence electrons. The van der Waals surface area contributed by atoms with Crippen LogP contribution in [0.3, 0.4) is 0 Å². The molecule has 0 spiro atoms. The summed E-state index contributed by atoms with van der Waals surface area (Å²) in [4.78, 5) is 12.4. The van der Waals surface area contributed by atoms with Gasteiger partial charge in [0.15, 0.2) is 11.0 Å². The molecule has 0 bridgehead atoms. The molecule has 3 aromatic carbocycles. The number of nitrogens with zero attached hydrogens (tertiary/aromatic N) is 3. The van der Waals surface area contributed by atoms with E-state index in [0.717, 1.165) is 17.0 Å². The van der Waals surface area contributed by atoms with Gasteiger partial charge in [-0.05, 0) is 61.5 Å². The highest BCUT2D eigenvalue weighted by atomic mass is 35.5. The fourth-order valence-electron chi connectivity index (χ4n) is 3.01. The van der Waals surface area contributed by atoms with Crippen molar-refractivity contribution in [1.82, 2.24) is 14.8 Å². The van der Waals surface area contributed by atoms with Gasteiger partial charge in [-0.15, -0.1) is 10.2 Å². The van der Waals surface area contributed by atoms with E-state index in [9.17, 15) is 9.18 Å². The first-order valence-corrected chi connectivity index (χ1v) is 11.4. The highest BCUT2D eigenvalue weighted by molar-refractivity contribution is 7.99. The lowest BCUT2D eigenvalue weighted by Gasteiger charge is -2.11. The largest absolute Gasteiger partial charge is 0.486 e. The second-order valence-electron chi connectivity index (χ2n) is 7.16. The van der Waals surface area contributed by atoms with Gasteiger partial charge < -0.3 is 10.1 Å². The molecule has 0 radical (unpaired) electrons. The summed E-state index contributed by atoms with van der Waals surface area (Å²) in [6, 6.07) is 20.7. The van der Waals surface area contributed by atoms with E-state index in [2.05, 4.69) is 15.5 Å². The monoisotopic (exact) mass is 482 g/mol. The molecule has 9 heteroatoms. The molecule has 0 aliphatic carbocycles. The van der Waals surface area contributed by atoms with E-state index < -0.39 is 5.82 Å². The molecule has 0 saturated carbocycles. The number of hydrogen-bond donors (Lipinski definition) is 1. The lowest BCUT2D eigenvalue weighted by Crippen LogP contribution is -2.15. The number of aromatic nitrogens is 3. The second kappa shape index (κ2) is 10.5. The fraction of sp³-hybridized carbons (Fsp3) is 0.125. The molecular formula is C24H20ClFN4O2S. The van der Waals surface area contributed by atoms with Crippen LogP contribution in [-0.2, 0) is 11.4 Å².